The minimum absolute atomic E-state index is 0.00643. The van der Waals surface area contributed by atoms with Crippen molar-refractivity contribution in [2.45, 2.75) is 25.1 Å². The number of nitrogens with two attached hydrogens (primary N) is 1. The lowest BCUT2D eigenvalue weighted by atomic mass is 10.1. The zero-order chi connectivity index (χ0) is 12.5. The second-order valence-electron chi connectivity index (χ2n) is 4.11. The summed E-state index contributed by atoms with van der Waals surface area (Å²) in [6, 6.07) is 0.964. The van der Waals surface area contributed by atoms with Gasteiger partial charge in [0.05, 0.1) is 0 Å². The average molecular weight is 246 g/mol. The molecule has 0 radical (unpaired) electrons. The normalized spacial score (nSPS) is 21.6. The summed E-state index contributed by atoms with van der Waals surface area (Å²) in [6.45, 7) is 1.22. The summed E-state index contributed by atoms with van der Waals surface area (Å²) in [4.78, 5) is 8.87. The van der Waals surface area contributed by atoms with E-state index in [0.717, 1.165) is 25.2 Å². The van der Waals surface area contributed by atoms with Crippen molar-refractivity contribution in [3.05, 3.63) is 18.1 Å². The predicted octanol–water partition coefficient (Wildman–Crippen LogP) is 1.42. The van der Waals surface area contributed by atoms with Gasteiger partial charge in [-0.15, -0.1) is 0 Å². The van der Waals surface area contributed by atoms with E-state index in [2.05, 4.69) is 9.97 Å². The predicted molar refractivity (Wildman–Crippen MR) is 56.5 cm³/mol. The van der Waals surface area contributed by atoms with E-state index in [1.807, 2.05) is 0 Å². The Kier molecular flexibility index (Phi) is 3.19. The van der Waals surface area contributed by atoms with Gasteiger partial charge in [0.1, 0.15) is 17.8 Å². The number of rotatable bonds is 1. The fraction of sp³-hybridized carbons (Fsp3) is 0.600. The zero-order valence-corrected chi connectivity index (χ0v) is 9.11. The topological polar surface area (TPSA) is 55.0 Å². The molecule has 17 heavy (non-hydrogen) atoms. The number of piperidine rings is 1. The Morgan fingerprint density at radius 2 is 2.12 bits per heavy atom. The molecule has 0 aromatic carbocycles. The second-order valence-corrected chi connectivity index (χ2v) is 4.11. The highest BCUT2D eigenvalue weighted by Gasteiger charge is 2.33. The third-order valence-corrected chi connectivity index (χ3v) is 2.72. The molecule has 2 rings (SSSR count). The Bertz CT molecular complexity index is 393. The van der Waals surface area contributed by atoms with Crippen molar-refractivity contribution in [1.29, 1.82) is 0 Å². The highest BCUT2D eigenvalue weighted by molar-refractivity contribution is 5.40. The number of hydrogen-bond acceptors (Lipinski definition) is 4. The van der Waals surface area contributed by atoms with Crippen molar-refractivity contribution in [3.8, 4) is 0 Å². The first-order valence-electron chi connectivity index (χ1n) is 5.36. The molecule has 1 saturated heterocycles. The summed E-state index contributed by atoms with van der Waals surface area (Å²) < 4.78 is 37.4. The van der Waals surface area contributed by atoms with Gasteiger partial charge in [0, 0.05) is 25.2 Å². The summed E-state index contributed by atoms with van der Waals surface area (Å²) in [5.41, 5.74) is 4.86. The van der Waals surface area contributed by atoms with Crippen LogP contribution in [0.3, 0.4) is 0 Å². The quantitative estimate of drug-likeness (QED) is 0.814. The smallest absolute Gasteiger partial charge is 0.355 e. The van der Waals surface area contributed by atoms with Gasteiger partial charge in [-0.3, -0.25) is 0 Å². The first-order valence-corrected chi connectivity index (χ1v) is 5.36. The molecule has 0 aliphatic carbocycles. The molecule has 94 valence electrons. The van der Waals surface area contributed by atoms with Crippen LogP contribution in [0.15, 0.2) is 12.4 Å². The number of nitrogens with zero attached hydrogens (tertiary/aromatic N) is 3. The van der Waals surface area contributed by atoms with Crippen LogP contribution in [0.5, 0.6) is 0 Å². The van der Waals surface area contributed by atoms with Crippen LogP contribution in [0.2, 0.25) is 0 Å². The molecule has 2 heterocycles. The van der Waals surface area contributed by atoms with Gasteiger partial charge in [-0.2, -0.15) is 13.2 Å². The molecule has 1 unspecified atom stereocenters. The maximum atomic E-state index is 12.5. The van der Waals surface area contributed by atoms with Crippen LogP contribution in [-0.4, -0.2) is 29.1 Å². The second kappa shape index (κ2) is 4.48. The monoisotopic (exact) mass is 246 g/mol. The van der Waals surface area contributed by atoms with Gasteiger partial charge < -0.3 is 10.6 Å². The van der Waals surface area contributed by atoms with Crippen LogP contribution >= 0.6 is 0 Å². The third kappa shape index (κ3) is 2.85. The van der Waals surface area contributed by atoms with Crippen molar-refractivity contribution < 1.29 is 13.2 Å². The Morgan fingerprint density at radius 3 is 2.76 bits per heavy atom. The Hall–Kier alpha value is -1.37. The molecule has 2 N–H and O–H groups in total. The number of hydrogen-bond donors (Lipinski definition) is 1. The van der Waals surface area contributed by atoms with Crippen LogP contribution in [0, 0.1) is 0 Å². The van der Waals surface area contributed by atoms with E-state index in [1.165, 1.54) is 0 Å². The number of anilines is 1. The first kappa shape index (κ1) is 12.1. The van der Waals surface area contributed by atoms with Crippen molar-refractivity contribution in [2.24, 2.45) is 5.73 Å². The van der Waals surface area contributed by atoms with E-state index >= 15 is 0 Å². The fourth-order valence-corrected chi connectivity index (χ4v) is 1.89. The lowest BCUT2D eigenvalue weighted by Gasteiger charge is -2.31. The van der Waals surface area contributed by atoms with E-state index in [4.69, 9.17) is 5.73 Å². The molecule has 1 aliphatic heterocycles. The Morgan fingerprint density at radius 1 is 1.35 bits per heavy atom. The van der Waals surface area contributed by atoms with Gasteiger partial charge in [0.2, 0.25) is 0 Å². The first-order chi connectivity index (χ1) is 7.97. The average Bonchev–Trinajstić information content (AvgIpc) is 2.28. The molecule has 1 fully saturated rings. The molecule has 1 aromatic rings. The molecular weight excluding hydrogens is 233 g/mol. The number of halogens is 3. The third-order valence-electron chi connectivity index (χ3n) is 2.72. The highest BCUT2D eigenvalue weighted by Crippen LogP contribution is 2.29. The molecule has 1 aromatic heterocycles. The maximum absolute atomic E-state index is 12.5. The Balaban J connectivity index is 2.21. The summed E-state index contributed by atoms with van der Waals surface area (Å²) in [5, 5.41) is 0. The molecule has 4 nitrogen and oxygen atoms in total. The molecule has 0 saturated carbocycles. The fourth-order valence-electron chi connectivity index (χ4n) is 1.89. The minimum atomic E-state index is -4.43. The molecule has 0 bridgehead atoms. The van der Waals surface area contributed by atoms with Gasteiger partial charge in [-0.1, -0.05) is 0 Å². The van der Waals surface area contributed by atoms with Crippen LogP contribution in [0.25, 0.3) is 0 Å². The molecule has 7 heteroatoms. The zero-order valence-electron chi connectivity index (χ0n) is 9.11. The largest absolute Gasteiger partial charge is 0.433 e. The summed E-state index contributed by atoms with van der Waals surface area (Å²) in [7, 11) is 0. The van der Waals surface area contributed by atoms with Crippen molar-refractivity contribution in [2.75, 3.05) is 18.0 Å². The number of aromatic nitrogens is 2. The molecule has 1 atom stereocenters. The van der Waals surface area contributed by atoms with Crippen LogP contribution in [0.4, 0.5) is 19.0 Å². The lowest BCUT2D eigenvalue weighted by molar-refractivity contribution is -0.141. The van der Waals surface area contributed by atoms with Gasteiger partial charge in [0.25, 0.3) is 0 Å². The van der Waals surface area contributed by atoms with Gasteiger partial charge in [-0.05, 0) is 12.8 Å². The van der Waals surface area contributed by atoms with Crippen molar-refractivity contribution in [3.63, 3.8) is 0 Å². The van der Waals surface area contributed by atoms with E-state index in [9.17, 15) is 13.2 Å². The van der Waals surface area contributed by atoms with Crippen LogP contribution in [-0.2, 0) is 6.18 Å². The van der Waals surface area contributed by atoms with Gasteiger partial charge >= 0.3 is 6.18 Å². The Labute approximate surface area is 96.7 Å². The number of alkyl halides is 3. The van der Waals surface area contributed by atoms with Crippen molar-refractivity contribution >= 4 is 5.82 Å². The SMILES string of the molecule is NC1CCCN(c2cc(C(F)(F)F)ncn2)C1. The highest BCUT2D eigenvalue weighted by atomic mass is 19.4. The van der Waals surface area contributed by atoms with E-state index in [0.29, 0.717) is 18.9 Å². The molecule has 0 amide bonds. The van der Waals surface area contributed by atoms with Gasteiger partial charge in [0.15, 0.2) is 0 Å². The standard InChI is InChI=1S/C10H13F3N4/c11-10(12,13)8-4-9(16-6-15-8)17-3-1-2-7(14)5-17/h4,6-7H,1-3,5,14H2. The maximum Gasteiger partial charge on any atom is 0.433 e. The molecule has 1 aliphatic rings. The van der Waals surface area contributed by atoms with E-state index in [-0.39, 0.29) is 6.04 Å². The molecule has 0 spiro atoms. The van der Waals surface area contributed by atoms with Crippen molar-refractivity contribution in [1.82, 2.24) is 9.97 Å². The van der Waals surface area contributed by atoms with Crippen LogP contribution < -0.4 is 10.6 Å². The summed E-state index contributed by atoms with van der Waals surface area (Å²) in [5.74, 6) is 0.294. The van der Waals surface area contributed by atoms with E-state index in [1.54, 1.807) is 4.90 Å². The minimum Gasteiger partial charge on any atom is -0.355 e. The van der Waals surface area contributed by atoms with E-state index < -0.39 is 11.9 Å². The lowest BCUT2D eigenvalue weighted by Crippen LogP contribution is -2.43. The summed E-state index contributed by atoms with van der Waals surface area (Å²) in [6.07, 6.45) is -1.73. The summed E-state index contributed by atoms with van der Waals surface area (Å²) >= 11 is 0. The van der Waals surface area contributed by atoms with Gasteiger partial charge in [-0.25, -0.2) is 9.97 Å². The molecular formula is C10H13F3N4. The van der Waals surface area contributed by atoms with Crippen LogP contribution in [0.1, 0.15) is 18.5 Å².